The van der Waals surface area contributed by atoms with Crippen LogP contribution in [-0.4, -0.2) is 8.42 Å². The molecule has 0 heterocycles. The molecule has 23 heavy (non-hydrogen) atoms. The lowest BCUT2D eigenvalue weighted by molar-refractivity contribution is -0.137. The average molecular weight is 351 g/mol. The molecule has 2 rings (SSSR count). The highest BCUT2D eigenvalue weighted by molar-refractivity contribution is 7.89. The van der Waals surface area contributed by atoms with Gasteiger partial charge in [0.1, 0.15) is 11.6 Å². The standard InChI is InChI=1S/C14H10F5NO2S/c15-11-5-2-6-12(16)13(11)23(21,22)20-8-9-3-1-4-10(7-9)14(17,18)19/h1-7,20H,8H2. The zero-order valence-electron chi connectivity index (χ0n) is 11.4. The third kappa shape index (κ3) is 4.05. The molecule has 0 saturated carbocycles. The molecule has 124 valence electrons. The summed E-state index contributed by atoms with van der Waals surface area (Å²) < 4.78 is 90.4. The van der Waals surface area contributed by atoms with Crippen molar-refractivity contribution in [3.05, 3.63) is 65.2 Å². The molecule has 0 aliphatic rings. The zero-order chi connectivity index (χ0) is 17.3. The summed E-state index contributed by atoms with van der Waals surface area (Å²) in [6, 6.07) is 6.47. The lowest BCUT2D eigenvalue weighted by atomic mass is 10.1. The van der Waals surface area contributed by atoms with Gasteiger partial charge in [0.15, 0.2) is 4.90 Å². The topological polar surface area (TPSA) is 46.2 Å². The van der Waals surface area contributed by atoms with Gasteiger partial charge in [0.05, 0.1) is 5.56 Å². The molecular weight excluding hydrogens is 341 g/mol. The molecule has 0 aromatic heterocycles. The number of halogens is 5. The van der Waals surface area contributed by atoms with Crippen LogP contribution < -0.4 is 4.72 Å². The molecule has 0 atom stereocenters. The molecule has 0 radical (unpaired) electrons. The third-order valence-electron chi connectivity index (χ3n) is 2.91. The minimum Gasteiger partial charge on any atom is -0.207 e. The first-order valence-corrected chi connectivity index (χ1v) is 7.69. The van der Waals surface area contributed by atoms with E-state index in [1.165, 1.54) is 6.07 Å². The van der Waals surface area contributed by atoms with E-state index in [1.54, 1.807) is 0 Å². The Balaban J connectivity index is 2.24. The number of benzene rings is 2. The van der Waals surface area contributed by atoms with Gasteiger partial charge in [0.25, 0.3) is 0 Å². The fourth-order valence-electron chi connectivity index (χ4n) is 1.85. The van der Waals surface area contributed by atoms with Crippen molar-refractivity contribution in [1.82, 2.24) is 4.72 Å². The van der Waals surface area contributed by atoms with Gasteiger partial charge in [-0.2, -0.15) is 13.2 Å². The van der Waals surface area contributed by atoms with Gasteiger partial charge in [0.2, 0.25) is 10.0 Å². The maximum Gasteiger partial charge on any atom is 0.416 e. The van der Waals surface area contributed by atoms with Crippen molar-refractivity contribution < 1.29 is 30.4 Å². The van der Waals surface area contributed by atoms with Gasteiger partial charge in [-0.1, -0.05) is 24.3 Å². The molecular formula is C14H10F5NO2S. The first-order chi connectivity index (χ1) is 10.6. The van der Waals surface area contributed by atoms with Gasteiger partial charge >= 0.3 is 6.18 Å². The summed E-state index contributed by atoms with van der Waals surface area (Å²) in [6.45, 7) is -0.542. The van der Waals surface area contributed by atoms with Crippen LogP contribution in [0, 0.1) is 11.6 Å². The number of sulfonamides is 1. The number of alkyl halides is 3. The van der Waals surface area contributed by atoms with E-state index in [4.69, 9.17) is 0 Å². The number of nitrogens with one attached hydrogen (secondary N) is 1. The molecule has 0 unspecified atom stereocenters. The van der Waals surface area contributed by atoms with E-state index in [1.807, 2.05) is 4.72 Å². The van der Waals surface area contributed by atoms with Crippen molar-refractivity contribution in [3.63, 3.8) is 0 Å². The number of hydrogen-bond acceptors (Lipinski definition) is 2. The lowest BCUT2D eigenvalue weighted by Gasteiger charge is -2.11. The van der Waals surface area contributed by atoms with Gasteiger partial charge in [-0.05, 0) is 23.8 Å². The summed E-state index contributed by atoms with van der Waals surface area (Å²) in [5.41, 5.74) is -0.952. The van der Waals surface area contributed by atoms with E-state index < -0.39 is 44.8 Å². The summed E-state index contributed by atoms with van der Waals surface area (Å²) in [5.74, 6) is -2.58. The molecule has 0 aliphatic heterocycles. The Morgan fingerprint density at radius 2 is 1.52 bits per heavy atom. The van der Waals surface area contributed by atoms with Crippen LogP contribution in [0.15, 0.2) is 47.4 Å². The molecule has 0 saturated heterocycles. The molecule has 1 N–H and O–H groups in total. The van der Waals surface area contributed by atoms with Crippen molar-refractivity contribution in [2.24, 2.45) is 0 Å². The van der Waals surface area contributed by atoms with Crippen molar-refractivity contribution >= 4 is 10.0 Å². The zero-order valence-corrected chi connectivity index (χ0v) is 12.2. The largest absolute Gasteiger partial charge is 0.416 e. The van der Waals surface area contributed by atoms with Crippen molar-refractivity contribution in [2.75, 3.05) is 0 Å². The van der Waals surface area contributed by atoms with Crippen LogP contribution in [0.5, 0.6) is 0 Å². The Hall–Kier alpha value is -2.00. The first kappa shape index (κ1) is 17.4. The predicted molar refractivity (Wildman–Crippen MR) is 71.8 cm³/mol. The molecule has 0 spiro atoms. The molecule has 0 amide bonds. The van der Waals surface area contributed by atoms with E-state index >= 15 is 0 Å². The smallest absolute Gasteiger partial charge is 0.207 e. The van der Waals surface area contributed by atoms with E-state index in [2.05, 4.69) is 0 Å². The average Bonchev–Trinajstić information content (AvgIpc) is 2.44. The second kappa shape index (κ2) is 6.25. The van der Waals surface area contributed by atoms with Gasteiger partial charge in [-0.3, -0.25) is 0 Å². The molecule has 9 heteroatoms. The van der Waals surface area contributed by atoms with Crippen LogP contribution in [0.3, 0.4) is 0 Å². The quantitative estimate of drug-likeness (QED) is 0.858. The van der Waals surface area contributed by atoms with Crippen LogP contribution in [0.4, 0.5) is 22.0 Å². The third-order valence-corrected chi connectivity index (χ3v) is 4.36. The Bertz CT molecular complexity index is 798. The Labute approximate surface area is 128 Å². The fourth-order valence-corrected chi connectivity index (χ4v) is 3.00. The van der Waals surface area contributed by atoms with Crippen molar-refractivity contribution in [2.45, 2.75) is 17.6 Å². The summed E-state index contributed by atoms with van der Waals surface area (Å²) in [4.78, 5) is -1.17. The van der Waals surface area contributed by atoms with Crippen LogP contribution in [0.2, 0.25) is 0 Å². The molecule has 2 aromatic rings. The van der Waals surface area contributed by atoms with Crippen LogP contribution in [0.1, 0.15) is 11.1 Å². The van der Waals surface area contributed by atoms with Crippen LogP contribution >= 0.6 is 0 Å². The second-order valence-electron chi connectivity index (χ2n) is 4.57. The maximum absolute atomic E-state index is 13.5. The lowest BCUT2D eigenvalue weighted by Crippen LogP contribution is -2.25. The highest BCUT2D eigenvalue weighted by Crippen LogP contribution is 2.29. The summed E-state index contributed by atoms with van der Waals surface area (Å²) >= 11 is 0. The Morgan fingerprint density at radius 3 is 2.09 bits per heavy atom. The summed E-state index contributed by atoms with van der Waals surface area (Å²) in [5, 5.41) is 0. The van der Waals surface area contributed by atoms with Gasteiger partial charge < -0.3 is 0 Å². The summed E-state index contributed by atoms with van der Waals surface area (Å²) in [6.07, 6.45) is -4.58. The van der Waals surface area contributed by atoms with Crippen molar-refractivity contribution in [3.8, 4) is 0 Å². The highest BCUT2D eigenvalue weighted by Gasteiger charge is 2.30. The van der Waals surface area contributed by atoms with E-state index in [9.17, 15) is 30.4 Å². The van der Waals surface area contributed by atoms with Gasteiger partial charge in [-0.25, -0.2) is 21.9 Å². The van der Waals surface area contributed by atoms with Crippen LogP contribution in [-0.2, 0) is 22.7 Å². The molecule has 0 bridgehead atoms. The van der Waals surface area contributed by atoms with Gasteiger partial charge in [-0.15, -0.1) is 0 Å². The Morgan fingerprint density at radius 1 is 0.957 bits per heavy atom. The normalized spacial score (nSPS) is 12.4. The minimum absolute atomic E-state index is 0.000137. The Kier molecular flexibility index (Phi) is 4.71. The molecule has 3 nitrogen and oxygen atoms in total. The monoisotopic (exact) mass is 351 g/mol. The maximum atomic E-state index is 13.5. The number of rotatable bonds is 4. The predicted octanol–water partition coefficient (Wildman–Crippen LogP) is 3.46. The van der Waals surface area contributed by atoms with Crippen LogP contribution in [0.25, 0.3) is 0 Å². The minimum atomic E-state index is -4.58. The van der Waals surface area contributed by atoms with Gasteiger partial charge in [0, 0.05) is 6.54 Å². The van der Waals surface area contributed by atoms with E-state index in [-0.39, 0.29) is 5.56 Å². The molecule has 2 aromatic carbocycles. The molecule has 0 aliphatic carbocycles. The highest BCUT2D eigenvalue weighted by atomic mass is 32.2. The second-order valence-corrected chi connectivity index (χ2v) is 6.28. The van der Waals surface area contributed by atoms with E-state index in [0.717, 1.165) is 36.4 Å². The number of hydrogen-bond donors (Lipinski definition) is 1. The molecule has 0 fully saturated rings. The summed E-state index contributed by atoms with van der Waals surface area (Å²) in [7, 11) is -4.55. The first-order valence-electron chi connectivity index (χ1n) is 6.21. The SMILES string of the molecule is O=S(=O)(NCc1cccc(C(F)(F)F)c1)c1c(F)cccc1F. The fraction of sp³-hybridized carbons (Fsp3) is 0.143. The van der Waals surface area contributed by atoms with Crippen molar-refractivity contribution in [1.29, 1.82) is 0 Å². The van der Waals surface area contributed by atoms with E-state index in [0.29, 0.717) is 0 Å².